The lowest BCUT2D eigenvalue weighted by Gasteiger charge is -2.13. The van der Waals surface area contributed by atoms with Crippen molar-refractivity contribution in [3.05, 3.63) is 59.2 Å². The smallest absolute Gasteiger partial charge is 0.261 e. The molecule has 7 nitrogen and oxygen atoms in total. The SMILES string of the molecule is O=C(CCCN1C(=O)c2ccccc2C1=O)NCCc1ccc2c(c1)OCO2. The van der Waals surface area contributed by atoms with E-state index in [0.717, 1.165) is 17.1 Å². The normalized spacial score (nSPS) is 14.4. The molecule has 0 unspecified atom stereocenters. The van der Waals surface area contributed by atoms with Gasteiger partial charge in [-0.25, -0.2) is 0 Å². The first-order valence-electron chi connectivity index (χ1n) is 9.24. The van der Waals surface area contributed by atoms with E-state index in [9.17, 15) is 14.4 Å². The van der Waals surface area contributed by atoms with Gasteiger partial charge in [-0.1, -0.05) is 18.2 Å². The number of carbonyl (C=O) groups is 3. The molecule has 28 heavy (non-hydrogen) atoms. The first kappa shape index (κ1) is 18.0. The average Bonchev–Trinajstić information content (AvgIpc) is 3.26. The summed E-state index contributed by atoms with van der Waals surface area (Å²) >= 11 is 0. The van der Waals surface area contributed by atoms with Gasteiger partial charge in [-0.05, 0) is 42.7 Å². The van der Waals surface area contributed by atoms with Crippen molar-refractivity contribution in [2.24, 2.45) is 0 Å². The fourth-order valence-electron chi connectivity index (χ4n) is 3.37. The van der Waals surface area contributed by atoms with Crippen molar-refractivity contribution >= 4 is 17.7 Å². The van der Waals surface area contributed by atoms with Gasteiger partial charge in [0.05, 0.1) is 11.1 Å². The first-order chi connectivity index (χ1) is 13.6. The summed E-state index contributed by atoms with van der Waals surface area (Å²) in [5, 5.41) is 2.86. The Morgan fingerprint density at radius 2 is 1.71 bits per heavy atom. The zero-order valence-electron chi connectivity index (χ0n) is 15.3. The van der Waals surface area contributed by atoms with Crippen molar-refractivity contribution in [3.63, 3.8) is 0 Å². The van der Waals surface area contributed by atoms with E-state index < -0.39 is 0 Å². The number of fused-ring (bicyclic) bond motifs is 2. The number of benzene rings is 2. The predicted octanol–water partition coefficient (Wildman–Crippen LogP) is 2.15. The van der Waals surface area contributed by atoms with Crippen LogP contribution in [-0.4, -0.2) is 42.5 Å². The summed E-state index contributed by atoms with van der Waals surface area (Å²) in [6, 6.07) is 12.5. The Morgan fingerprint density at radius 3 is 2.46 bits per heavy atom. The molecule has 144 valence electrons. The molecule has 7 heteroatoms. The molecule has 2 aliphatic rings. The van der Waals surface area contributed by atoms with Crippen LogP contribution in [0.2, 0.25) is 0 Å². The number of nitrogens with zero attached hydrogens (tertiary/aromatic N) is 1. The molecule has 0 radical (unpaired) electrons. The summed E-state index contributed by atoms with van der Waals surface area (Å²) in [4.78, 5) is 37.8. The number of imide groups is 1. The molecule has 0 saturated carbocycles. The summed E-state index contributed by atoms with van der Waals surface area (Å²) in [5.41, 5.74) is 1.91. The maximum absolute atomic E-state index is 12.3. The van der Waals surface area contributed by atoms with Crippen LogP contribution in [0.15, 0.2) is 42.5 Å². The Morgan fingerprint density at radius 1 is 1.00 bits per heavy atom. The Kier molecular flexibility index (Phi) is 4.97. The Bertz CT molecular complexity index is 905. The zero-order valence-corrected chi connectivity index (χ0v) is 15.3. The maximum atomic E-state index is 12.3. The van der Waals surface area contributed by atoms with E-state index >= 15 is 0 Å². The third-order valence-corrected chi connectivity index (χ3v) is 4.84. The van der Waals surface area contributed by atoms with Gasteiger partial charge in [0.2, 0.25) is 12.7 Å². The molecule has 0 aromatic heterocycles. The van der Waals surface area contributed by atoms with Crippen LogP contribution in [0.5, 0.6) is 11.5 Å². The molecule has 4 rings (SSSR count). The van der Waals surface area contributed by atoms with E-state index in [-0.39, 0.29) is 37.5 Å². The molecule has 0 aliphatic carbocycles. The lowest BCUT2D eigenvalue weighted by Crippen LogP contribution is -2.32. The lowest BCUT2D eigenvalue weighted by atomic mass is 10.1. The molecule has 0 saturated heterocycles. The quantitative estimate of drug-likeness (QED) is 0.744. The van der Waals surface area contributed by atoms with E-state index in [1.54, 1.807) is 24.3 Å². The largest absolute Gasteiger partial charge is 0.454 e. The molecule has 0 atom stereocenters. The number of hydrogen-bond acceptors (Lipinski definition) is 5. The van der Waals surface area contributed by atoms with Gasteiger partial charge in [0, 0.05) is 19.5 Å². The average molecular weight is 380 g/mol. The number of nitrogens with one attached hydrogen (secondary N) is 1. The van der Waals surface area contributed by atoms with Crippen LogP contribution in [0.3, 0.4) is 0 Å². The van der Waals surface area contributed by atoms with E-state index in [2.05, 4.69) is 5.32 Å². The minimum atomic E-state index is -0.288. The van der Waals surface area contributed by atoms with Crippen molar-refractivity contribution in [1.82, 2.24) is 10.2 Å². The second-order valence-electron chi connectivity index (χ2n) is 6.70. The predicted molar refractivity (Wildman–Crippen MR) is 100 cm³/mol. The molecule has 0 fully saturated rings. The fraction of sp³-hybridized carbons (Fsp3) is 0.286. The van der Waals surface area contributed by atoms with Crippen LogP contribution < -0.4 is 14.8 Å². The first-order valence-corrected chi connectivity index (χ1v) is 9.24. The van der Waals surface area contributed by atoms with Gasteiger partial charge in [-0.3, -0.25) is 19.3 Å². The highest BCUT2D eigenvalue weighted by Gasteiger charge is 2.34. The highest BCUT2D eigenvalue weighted by molar-refractivity contribution is 6.21. The van der Waals surface area contributed by atoms with E-state index in [1.165, 1.54) is 4.90 Å². The second kappa shape index (κ2) is 7.72. The van der Waals surface area contributed by atoms with Crippen molar-refractivity contribution in [2.75, 3.05) is 19.9 Å². The van der Waals surface area contributed by atoms with Crippen LogP contribution in [0, 0.1) is 0 Å². The van der Waals surface area contributed by atoms with Crippen LogP contribution >= 0.6 is 0 Å². The van der Waals surface area contributed by atoms with E-state index in [0.29, 0.717) is 30.5 Å². The lowest BCUT2D eigenvalue weighted by molar-refractivity contribution is -0.121. The van der Waals surface area contributed by atoms with Gasteiger partial charge >= 0.3 is 0 Å². The van der Waals surface area contributed by atoms with Gasteiger partial charge in [0.25, 0.3) is 11.8 Å². The highest BCUT2D eigenvalue weighted by Crippen LogP contribution is 2.32. The molecule has 2 heterocycles. The molecule has 2 aromatic rings. The molecule has 3 amide bonds. The summed E-state index contributed by atoms with van der Waals surface area (Å²) in [6.07, 6.45) is 1.37. The second-order valence-corrected chi connectivity index (χ2v) is 6.70. The standard InChI is InChI=1S/C21H20N2O5/c24-19(22-10-9-14-7-8-17-18(12-14)28-13-27-17)6-3-11-23-20(25)15-4-1-2-5-16(15)21(23)26/h1-2,4-5,7-8,12H,3,6,9-11,13H2,(H,22,24). The van der Waals surface area contributed by atoms with Crippen molar-refractivity contribution < 1.29 is 23.9 Å². The number of amides is 3. The number of carbonyl (C=O) groups excluding carboxylic acids is 3. The molecule has 2 aromatic carbocycles. The highest BCUT2D eigenvalue weighted by atomic mass is 16.7. The van der Waals surface area contributed by atoms with Gasteiger partial charge < -0.3 is 14.8 Å². The van der Waals surface area contributed by atoms with E-state index in [1.807, 2.05) is 18.2 Å². The van der Waals surface area contributed by atoms with Gasteiger partial charge in [-0.15, -0.1) is 0 Å². The fourth-order valence-corrected chi connectivity index (χ4v) is 3.37. The molecule has 0 bridgehead atoms. The minimum Gasteiger partial charge on any atom is -0.454 e. The van der Waals surface area contributed by atoms with Crippen molar-refractivity contribution in [1.29, 1.82) is 0 Å². The summed E-state index contributed by atoms with van der Waals surface area (Å²) < 4.78 is 10.6. The third kappa shape index (κ3) is 3.55. The summed E-state index contributed by atoms with van der Waals surface area (Å²) in [5.74, 6) is 0.788. The van der Waals surface area contributed by atoms with Crippen molar-refractivity contribution in [2.45, 2.75) is 19.3 Å². The minimum absolute atomic E-state index is 0.0997. The Balaban J connectivity index is 1.19. The number of ether oxygens (including phenoxy) is 2. The monoisotopic (exact) mass is 380 g/mol. The molecule has 2 aliphatic heterocycles. The van der Waals surface area contributed by atoms with Crippen LogP contribution in [0.1, 0.15) is 39.1 Å². The van der Waals surface area contributed by atoms with Crippen LogP contribution in [0.25, 0.3) is 0 Å². The van der Waals surface area contributed by atoms with Crippen LogP contribution in [-0.2, 0) is 11.2 Å². The molecular formula is C21H20N2O5. The van der Waals surface area contributed by atoms with Crippen molar-refractivity contribution in [3.8, 4) is 11.5 Å². The maximum Gasteiger partial charge on any atom is 0.261 e. The van der Waals surface area contributed by atoms with Crippen LogP contribution in [0.4, 0.5) is 0 Å². The Hall–Kier alpha value is -3.35. The number of hydrogen-bond donors (Lipinski definition) is 1. The summed E-state index contributed by atoms with van der Waals surface area (Å²) in [6.45, 7) is 0.982. The zero-order chi connectivity index (χ0) is 19.5. The van der Waals surface area contributed by atoms with E-state index in [4.69, 9.17) is 9.47 Å². The molecule has 0 spiro atoms. The van der Waals surface area contributed by atoms with Gasteiger partial charge in [-0.2, -0.15) is 0 Å². The van der Waals surface area contributed by atoms with Gasteiger partial charge in [0.1, 0.15) is 0 Å². The topological polar surface area (TPSA) is 84.9 Å². The summed E-state index contributed by atoms with van der Waals surface area (Å²) in [7, 11) is 0. The molecular weight excluding hydrogens is 360 g/mol. The molecule has 1 N–H and O–H groups in total. The van der Waals surface area contributed by atoms with Gasteiger partial charge in [0.15, 0.2) is 11.5 Å². The third-order valence-electron chi connectivity index (χ3n) is 4.84. The Labute approximate surface area is 162 Å². The number of rotatable bonds is 7.